The van der Waals surface area contributed by atoms with Gasteiger partial charge < -0.3 is 61.9 Å². The van der Waals surface area contributed by atoms with Gasteiger partial charge in [-0.15, -0.1) is 0 Å². The van der Waals surface area contributed by atoms with Crippen LogP contribution in [0.3, 0.4) is 0 Å². The van der Waals surface area contributed by atoms with Crippen LogP contribution in [-0.2, 0) is 83.3 Å². The van der Waals surface area contributed by atoms with Crippen LogP contribution < -0.4 is 46.6 Å². The summed E-state index contributed by atoms with van der Waals surface area (Å²) >= 11 is 19.3. The van der Waals surface area contributed by atoms with E-state index >= 15 is 0 Å². The van der Waals surface area contributed by atoms with E-state index in [-0.39, 0.29) is 131 Å². The minimum absolute atomic E-state index is 0.0103. The van der Waals surface area contributed by atoms with Crippen LogP contribution in [0.1, 0.15) is 155 Å². The van der Waals surface area contributed by atoms with Crippen molar-refractivity contribution >= 4 is 140 Å². The van der Waals surface area contributed by atoms with Crippen LogP contribution in [0.25, 0.3) is 17.0 Å². The molecule has 13 rings (SSSR count). The van der Waals surface area contributed by atoms with Gasteiger partial charge in [0.25, 0.3) is 5.91 Å². The zero-order chi connectivity index (χ0) is 86.8. The standard InChI is InChI=1S/C31H31ClN6O4.C30H34ClN5O4.C30H32ClN5O4/c1-38(18-27(39)33-21-7-3-4-8-21)30-23(17-28(40)41)29(32)36-26(37-30)16-19-10-13-22(14-11-19)34-31(42)25-15-12-20-6-2-5-9-24(20)35-25;1-19-7-9-21(10-8-19)16-26(37)32-23-13-11-20(12-14-23)15-25-34-29(31)24(17-28(39)40)30(35-25)36(2)18-27(38)33-22-5-3-4-6-22;1-36(19-27(38)33-22-9-5-6-10-22)30-24(18-28(39)40)29(31)34-25(35-30)17-21-11-14-23(15-12-21)32-26(37)16-13-20-7-3-2-4-8-20/h2,5-6,9-15,21H,3-4,7-8,16-18H2,1H3,(H,33,39)(H,34,42)(H,40,41);7-14,22H,3-6,15-18H2,1-2H3,(H,32,37)(H,33,38)(H,39,40);2-4,7-8,11-16,22H,5-6,9-10,17-19H2,1H3,(H,32,37)(H,33,38)(H,39,40)/b;;16-13+. The summed E-state index contributed by atoms with van der Waals surface area (Å²) in [5.74, 6) is -2.23. The average Bonchev–Trinajstić information content (AvgIpc) is 1.05. The molecule has 4 heterocycles. The van der Waals surface area contributed by atoms with Crippen molar-refractivity contribution in [3.63, 3.8) is 0 Å². The predicted octanol–water partition coefficient (Wildman–Crippen LogP) is 13.5. The van der Waals surface area contributed by atoms with Crippen LogP contribution in [-0.4, -0.2) is 162 Å². The summed E-state index contributed by atoms with van der Waals surface area (Å²) in [5, 5.41) is 47.0. The summed E-state index contributed by atoms with van der Waals surface area (Å²) in [6.07, 6.45) is 15.8. The number of anilines is 6. The number of rotatable bonds is 32. The van der Waals surface area contributed by atoms with Crippen molar-refractivity contribution in [2.45, 2.75) is 147 Å². The van der Waals surface area contributed by atoms with Crippen molar-refractivity contribution in [2.24, 2.45) is 0 Å². The highest BCUT2D eigenvalue weighted by Gasteiger charge is 2.28. The third-order valence-electron chi connectivity index (χ3n) is 20.6. The summed E-state index contributed by atoms with van der Waals surface area (Å²) in [6, 6.07) is 50.9. The Labute approximate surface area is 721 Å². The van der Waals surface area contributed by atoms with E-state index in [1.165, 1.54) is 6.08 Å². The molecule has 6 aromatic carbocycles. The number of pyridine rings is 1. The van der Waals surface area contributed by atoms with Gasteiger partial charge in [-0.3, -0.25) is 43.2 Å². The average molecular weight is 1710 g/mol. The van der Waals surface area contributed by atoms with Gasteiger partial charge in [-0.05, 0) is 128 Å². The highest BCUT2D eigenvalue weighted by atomic mass is 35.5. The molecule has 0 saturated heterocycles. The van der Waals surface area contributed by atoms with Gasteiger partial charge in [0.2, 0.25) is 29.5 Å². The Kier molecular flexibility index (Phi) is 32.4. The monoisotopic (exact) mass is 1710 g/mol. The van der Waals surface area contributed by atoms with E-state index in [9.17, 15) is 58.5 Å². The second-order valence-electron chi connectivity index (χ2n) is 30.5. The van der Waals surface area contributed by atoms with E-state index in [1.807, 2.05) is 140 Å². The van der Waals surface area contributed by atoms with Gasteiger partial charge in [0, 0.05) is 104 Å². The van der Waals surface area contributed by atoms with E-state index in [1.54, 1.807) is 72.3 Å². The van der Waals surface area contributed by atoms with Crippen molar-refractivity contribution < 1.29 is 58.5 Å². The SMILES string of the molecule is CN(CC(=O)NC1CCCC1)c1nc(Cc2ccc(NC(=O)/C=C/c3ccccc3)cc2)nc(Cl)c1CC(=O)O.CN(CC(=O)NC1CCCC1)c1nc(Cc2ccc(NC(=O)c3ccc4ccccc4n3)cc2)nc(Cl)c1CC(=O)O.Cc1ccc(CC(=O)Nc2ccc(Cc3nc(Cl)c(CC(=O)O)c(N(C)CC(=O)NC4CCCC4)n3)cc2)cc1. The lowest BCUT2D eigenvalue weighted by molar-refractivity contribution is -0.137. The van der Waals surface area contributed by atoms with Crippen LogP contribution in [0.2, 0.25) is 15.5 Å². The van der Waals surface area contributed by atoms with Crippen LogP contribution in [0, 0.1) is 6.92 Å². The Morgan fingerprint density at radius 1 is 0.393 bits per heavy atom. The lowest BCUT2D eigenvalue weighted by atomic mass is 10.1. The fourth-order valence-electron chi connectivity index (χ4n) is 14.5. The van der Waals surface area contributed by atoms with Gasteiger partial charge in [0.1, 0.15) is 56.1 Å². The molecule has 634 valence electrons. The first-order chi connectivity index (χ1) is 58.7. The minimum Gasteiger partial charge on any atom is -0.481 e. The van der Waals surface area contributed by atoms with E-state index in [4.69, 9.17) is 34.8 Å². The fraction of sp³-hybridized carbons (Fsp3) is 0.319. The van der Waals surface area contributed by atoms with Crippen molar-refractivity contribution in [1.29, 1.82) is 0 Å². The molecule has 9 N–H and O–H groups in total. The maximum absolute atomic E-state index is 12.8. The number of aryl methyl sites for hydroxylation is 1. The third kappa shape index (κ3) is 27.6. The molecule has 3 fully saturated rings. The first-order valence-corrected chi connectivity index (χ1v) is 41.5. The molecular formula is C91H97Cl3N16O12. The molecule has 4 aromatic heterocycles. The number of aromatic nitrogens is 7. The van der Waals surface area contributed by atoms with Gasteiger partial charge in [-0.25, -0.2) is 34.9 Å². The van der Waals surface area contributed by atoms with E-state index < -0.39 is 17.9 Å². The number of nitrogens with zero attached hydrogens (tertiary/aromatic N) is 10. The van der Waals surface area contributed by atoms with Crippen LogP contribution >= 0.6 is 34.8 Å². The molecule has 0 bridgehead atoms. The van der Waals surface area contributed by atoms with E-state index in [0.29, 0.717) is 76.9 Å². The molecule has 0 unspecified atom stereocenters. The van der Waals surface area contributed by atoms with Crippen molar-refractivity contribution in [3.05, 3.63) is 259 Å². The summed E-state index contributed by atoms with van der Waals surface area (Å²) < 4.78 is 0. The minimum atomic E-state index is -1.07. The number of hydrogen-bond acceptors (Lipinski definition) is 19. The molecular weight excluding hydrogens is 1620 g/mol. The molecule has 0 aliphatic heterocycles. The molecule has 0 spiro atoms. The molecule has 10 aromatic rings. The first kappa shape index (κ1) is 90.0. The first-order valence-electron chi connectivity index (χ1n) is 40.3. The summed E-state index contributed by atoms with van der Waals surface area (Å²) in [6.45, 7) is 2.05. The third-order valence-corrected chi connectivity index (χ3v) is 21.6. The maximum Gasteiger partial charge on any atom is 0.308 e. The molecule has 0 atom stereocenters. The zero-order valence-electron chi connectivity index (χ0n) is 68.2. The number of carboxylic acid groups (broad SMARTS) is 3. The second-order valence-corrected chi connectivity index (χ2v) is 31.6. The largest absolute Gasteiger partial charge is 0.481 e. The lowest BCUT2D eigenvalue weighted by Crippen LogP contribution is -2.40. The van der Waals surface area contributed by atoms with Gasteiger partial charge in [0.05, 0.1) is 50.8 Å². The summed E-state index contributed by atoms with van der Waals surface area (Å²) in [5.41, 5.74) is 9.36. The quantitative estimate of drug-likeness (QED) is 0.0140. The Balaban J connectivity index is 0.000000179. The molecule has 3 saturated carbocycles. The van der Waals surface area contributed by atoms with Gasteiger partial charge >= 0.3 is 17.9 Å². The lowest BCUT2D eigenvalue weighted by Gasteiger charge is -2.22. The Morgan fingerprint density at radius 2 is 0.754 bits per heavy atom. The molecule has 122 heavy (non-hydrogen) atoms. The number of carbonyl (C=O) groups excluding carboxylic acids is 6. The number of amides is 6. The van der Waals surface area contributed by atoms with Crippen molar-refractivity contribution in [2.75, 3.05) is 71.4 Å². The number of likely N-dealkylation sites (N-methyl/N-ethyl adjacent to an activating group) is 3. The Morgan fingerprint density at radius 3 is 1.15 bits per heavy atom. The van der Waals surface area contributed by atoms with Crippen molar-refractivity contribution in [1.82, 2.24) is 50.8 Å². The highest BCUT2D eigenvalue weighted by molar-refractivity contribution is 6.31. The molecule has 3 aliphatic carbocycles. The number of carbonyl (C=O) groups is 9. The molecule has 6 amide bonds. The van der Waals surface area contributed by atoms with E-state index in [2.05, 4.69) is 66.8 Å². The number of benzene rings is 6. The number of aliphatic carboxylic acids is 3. The van der Waals surface area contributed by atoms with Gasteiger partial charge in [-0.2, -0.15) is 0 Å². The number of fused-ring (bicyclic) bond motifs is 1. The second kappa shape index (κ2) is 44.0. The van der Waals surface area contributed by atoms with E-state index in [0.717, 1.165) is 121 Å². The maximum atomic E-state index is 12.8. The fourth-order valence-corrected chi connectivity index (χ4v) is 15.3. The van der Waals surface area contributed by atoms with Crippen LogP contribution in [0.4, 0.5) is 34.5 Å². The number of para-hydroxylation sites is 1. The summed E-state index contributed by atoms with van der Waals surface area (Å²) in [7, 11) is 5.06. The van der Waals surface area contributed by atoms with Crippen molar-refractivity contribution in [3.8, 4) is 0 Å². The predicted molar refractivity (Wildman–Crippen MR) is 471 cm³/mol. The topological polar surface area (TPSA) is 386 Å². The number of hydrogen-bond donors (Lipinski definition) is 9. The zero-order valence-corrected chi connectivity index (χ0v) is 70.4. The number of halogens is 3. The summed E-state index contributed by atoms with van der Waals surface area (Å²) in [4.78, 5) is 146. The highest BCUT2D eigenvalue weighted by Crippen LogP contribution is 2.31. The van der Waals surface area contributed by atoms with Crippen LogP contribution in [0.15, 0.2) is 170 Å². The van der Waals surface area contributed by atoms with Gasteiger partial charge in [-0.1, -0.05) is 194 Å². The Hall–Kier alpha value is -12.8. The molecule has 0 radical (unpaired) electrons. The van der Waals surface area contributed by atoms with Gasteiger partial charge in [0.15, 0.2) is 0 Å². The van der Waals surface area contributed by atoms with Crippen LogP contribution in [0.5, 0.6) is 0 Å². The molecule has 28 nitrogen and oxygen atoms in total. The normalized spacial score (nSPS) is 13.2. The molecule has 3 aliphatic rings. The number of carboxylic acids is 3. The number of nitrogens with one attached hydrogen (secondary N) is 6. The molecule has 31 heteroatoms. The smallest absolute Gasteiger partial charge is 0.308 e. The Bertz CT molecular complexity index is 5400.